The molecule has 2 aromatic carbocycles. The summed E-state index contributed by atoms with van der Waals surface area (Å²) in [7, 11) is 1.23. The second kappa shape index (κ2) is 6.97. The van der Waals surface area contributed by atoms with Crippen LogP contribution in [-0.4, -0.2) is 35.9 Å². The van der Waals surface area contributed by atoms with Crippen molar-refractivity contribution in [3.05, 3.63) is 71.3 Å². The smallest absolute Gasteiger partial charge is 0.338 e. The molecule has 6 heteroatoms. The summed E-state index contributed by atoms with van der Waals surface area (Å²) < 4.78 is 25.4. The van der Waals surface area contributed by atoms with Gasteiger partial charge in [-0.25, -0.2) is 9.18 Å². The van der Waals surface area contributed by atoms with Gasteiger partial charge in [-0.05, 0) is 18.6 Å². The minimum absolute atomic E-state index is 0.163. The molecule has 0 aromatic heterocycles. The molecule has 0 aliphatic carbocycles. The summed E-state index contributed by atoms with van der Waals surface area (Å²) in [6.07, 6.45) is -2.92. The molecule has 4 atom stereocenters. The van der Waals surface area contributed by atoms with Crippen molar-refractivity contribution in [2.75, 3.05) is 7.11 Å². The third-order valence-corrected chi connectivity index (χ3v) is 4.68. The van der Waals surface area contributed by atoms with Crippen molar-refractivity contribution in [2.24, 2.45) is 5.92 Å². The Morgan fingerprint density at radius 1 is 1.12 bits per heavy atom. The van der Waals surface area contributed by atoms with E-state index in [0.717, 1.165) is 6.92 Å². The Morgan fingerprint density at radius 2 is 1.73 bits per heavy atom. The van der Waals surface area contributed by atoms with Crippen molar-refractivity contribution in [1.82, 2.24) is 0 Å². The predicted molar refractivity (Wildman–Crippen MR) is 91.4 cm³/mol. The topological polar surface area (TPSA) is 72.8 Å². The number of rotatable bonds is 4. The first kappa shape index (κ1) is 18.2. The average Bonchev–Trinajstić information content (AvgIpc) is 2.90. The Morgan fingerprint density at radius 3 is 2.38 bits per heavy atom. The number of methoxy groups -OCH3 is 1. The van der Waals surface area contributed by atoms with Crippen LogP contribution in [0.25, 0.3) is 0 Å². The van der Waals surface area contributed by atoms with Crippen molar-refractivity contribution >= 4 is 11.8 Å². The van der Waals surface area contributed by atoms with Gasteiger partial charge >= 0.3 is 5.97 Å². The molecule has 0 saturated carbocycles. The molecule has 0 amide bonds. The van der Waals surface area contributed by atoms with Crippen LogP contribution >= 0.6 is 0 Å². The lowest BCUT2D eigenvalue weighted by molar-refractivity contribution is -0.139. The Labute approximate surface area is 150 Å². The monoisotopic (exact) mass is 358 g/mol. The Balaban J connectivity index is 2.09. The zero-order chi connectivity index (χ0) is 18.9. The molecule has 0 bridgehead atoms. The van der Waals surface area contributed by atoms with Gasteiger partial charge in [-0.15, -0.1) is 0 Å². The summed E-state index contributed by atoms with van der Waals surface area (Å²) in [4.78, 5) is 25.1. The van der Waals surface area contributed by atoms with Crippen LogP contribution in [0.4, 0.5) is 4.39 Å². The minimum Gasteiger partial charge on any atom is -0.465 e. The molecule has 1 N–H and O–H groups in total. The standard InChI is InChI=1S/C20H19FO5/c1-20(21)15(16(22)12-8-4-3-5-9-12)17(26-19(20)24)13-10-6-7-11-14(13)18(23)25-2/h3-11,15,17,19,24H,1-2H3/t15-,17-,19?,20+/m0/s1. The van der Waals surface area contributed by atoms with Crippen LogP contribution in [0.5, 0.6) is 0 Å². The minimum atomic E-state index is -2.32. The van der Waals surface area contributed by atoms with Crippen LogP contribution in [0.15, 0.2) is 54.6 Å². The number of aliphatic hydroxyl groups excluding tert-OH is 1. The third kappa shape index (κ3) is 3.02. The van der Waals surface area contributed by atoms with Gasteiger partial charge < -0.3 is 14.6 Å². The maximum Gasteiger partial charge on any atom is 0.338 e. The lowest BCUT2D eigenvalue weighted by Crippen LogP contribution is -2.40. The second-order valence-electron chi connectivity index (χ2n) is 6.35. The highest BCUT2D eigenvalue weighted by atomic mass is 19.1. The molecule has 1 heterocycles. The van der Waals surface area contributed by atoms with Crippen LogP contribution in [0, 0.1) is 5.92 Å². The van der Waals surface area contributed by atoms with E-state index in [1.165, 1.54) is 13.2 Å². The Kier molecular flexibility index (Phi) is 4.89. The van der Waals surface area contributed by atoms with E-state index in [0.29, 0.717) is 11.1 Å². The normalized spacial score (nSPS) is 27.9. The number of alkyl halides is 1. The molecule has 5 nitrogen and oxygen atoms in total. The Bertz CT molecular complexity index is 818. The summed E-state index contributed by atoms with van der Waals surface area (Å²) in [5, 5.41) is 10.1. The van der Waals surface area contributed by atoms with E-state index in [9.17, 15) is 14.7 Å². The first-order chi connectivity index (χ1) is 12.4. The molecule has 2 aromatic rings. The molecule has 0 radical (unpaired) electrons. The molecular formula is C20H19FO5. The molecule has 1 saturated heterocycles. The van der Waals surface area contributed by atoms with Crippen molar-refractivity contribution in [1.29, 1.82) is 0 Å². The fourth-order valence-corrected chi connectivity index (χ4v) is 3.27. The van der Waals surface area contributed by atoms with Gasteiger partial charge in [-0.2, -0.15) is 0 Å². The summed E-state index contributed by atoms with van der Waals surface area (Å²) in [5.74, 6) is -2.44. The van der Waals surface area contributed by atoms with E-state index in [4.69, 9.17) is 9.47 Å². The molecular weight excluding hydrogens is 339 g/mol. The van der Waals surface area contributed by atoms with Gasteiger partial charge in [0.1, 0.15) is 0 Å². The van der Waals surface area contributed by atoms with Gasteiger partial charge in [0.15, 0.2) is 17.7 Å². The molecule has 26 heavy (non-hydrogen) atoms. The van der Waals surface area contributed by atoms with Crippen molar-refractivity contribution in [2.45, 2.75) is 25.0 Å². The molecule has 1 aliphatic heterocycles. The maximum atomic E-state index is 15.2. The quantitative estimate of drug-likeness (QED) is 0.672. The number of halogens is 1. The van der Waals surface area contributed by atoms with Gasteiger partial charge in [0.05, 0.1) is 24.7 Å². The number of esters is 1. The molecule has 3 rings (SSSR count). The Hall–Kier alpha value is -2.57. The van der Waals surface area contributed by atoms with Crippen LogP contribution < -0.4 is 0 Å². The zero-order valence-corrected chi connectivity index (χ0v) is 14.4. The lowest BCUT2D eigenvalue weighted by Gasteiger charge is -2.25. The number of aliphatic hydroxyl groups is 1. The van der Waals surface area contributed by atoms with E-state index < -0.39 is 35.7 Å². The fourth-order valence-electron chi connectivity index (χ4n) is 3.27. The van der Waals surface area contributed by atoms with Gasteiger partial charge in [0.25, 0.3) is 0 Å². The van der Waals surface area contributed by atoms with Crippen LogP contribution in [0.2, 0.25) is 0 Å². The van der Waals surface area contributed by atoms with E-state index >= 15 is 4.39 Å². The van der Waals surface area contributed by atoms with Crippen molar-refractivity contribution in [3.63, 3.8) is 0 Å². The predicted octanol–water partition coefficient (Wildman–Crippen LogP) is 3.09. The number of benzene rings is 2. The first-order valence-electron chi connectivity index (χ1n) is 8.17. The van der Waals surface area contributed by atoms with E-state index in [1.54, 1.807) is 48.5 Å². The SMILES string of the molecule is COC(=O)c1ccccc1[C@@H]1OC(O)[C@](C)(F)[C@H]1C(=O)c1ccccc1. The largest absolute Gasteiger partial charge is 0.465 e. The molecule has 1 aliphatic rings. The molecule has 1 fully saturated rings. The number of carbonyl (C=O) groups excluding carboxylic acids is 2. The highest BCUT2D eigenvalue weighted by molar-refractivity contribution is 6.00. The molecule has 1 unspecified atom stereocenters. The van der Waals surface area contributed by atoms with Crippen molar-refractivity contribution < 1.29 is 28.6 Å². The van der Waals surface area contributed by atoms with E-state index in [2.05, 4.69) is 0 Å². The summed E-state index contributed by atoms with van der Waals surface area (Å²) in [5.41, 5.74) is -1.55. The lowest BCUT2D eigenvalue weighted by atomic mass is 9.79. The zero-order valence-electron chi connectivity index (χ0n) is 14.4. The van der Waals surface area contributed by atoms with Gasteiger partial charge in [0.2, 0.25) is 0 Å². The van der Waals surface area contributed by atoms with Crippen LogP contribution in [-0.2, 0) is 9.47 Å². The van der Waals surface area contributed by atoms with Gasteiger partial charge in [0, 0.05) is 5.56 Å². The highest BCUT2D eigenvalue weighted by Gasteiger charge is 2.58. The van der Waals surface area contributed by atoms with E-state index in [1.807, 2.05) is 0 Å². The first-order valence-corrected chi connectivity index (χ1v) is 8.17. The van der Waals surface area contributed by atoms with Crippen LogP contribution in [0.3, 0.4) is 0 Å². The fraction of sp³-hybridized carbons (Fsp3) is 0.300. The van der Waals surface area contributed by atoms with Gasteiger partial charge in [-0.3, -0.25) is 4.79 Å². The number of hydrogen-bond acceptors (Lipinski definition) is 5. The summed E-state index contributed by atoms with van der Waals surface area (Å²) in [6.45, 7) is 1.13. The number of carbonyl (C=O) groups is 2. The number of ketones is 1. The number of hydrogen-bond donors (Lipinski definition) is 1. The summed E-state index contributed by atoms with van der Waals surface area (Å²) >= 11 is 0. The second-order valence-corrected chi connectivity index (χ2v) is 6.35. The van der Waals surface area contributed by atoms with Crippen molar-refractivity contribution in [3.8, 4) is 0 Å². The number of ether oxygens (including phenoxy) is 2. The average molecular weight is 358 g/mol. The van der Waals surface area contributed by atoms with E-state index in [-0.39, 0.29) is 5.56 Å². The highest BCUT2D eigenvalue weighted by Crippen LogP contribution is 2.48. The third-order valence-electron chi connectivity index (χ3n) is 4.68. The number of Topliss-reactive ketones (excluding diaryl/α,β-unsaturated/α-hetero) is 1. The molecule has 0 spiro atoms. The summed E-state index contributed by atoms with van der Waals surface area (Å²) in [6, 6.07) is 14.6. The maximum absolute atomic E-state index is 15.2. The van der Waals surface area contributed by atoms with Crippen LogP contribution in [0.1, 0.15) is 39.3 Å². The van der Waals surface area contributed by atoms with Gasteiger partial charge in [-0.1, -0.05) is 48.5 Å². The molecule has 136 valence electrons.